The van der Waals surface area contributed by atoms with Gasteiger partial charge < -0.3 is 19.4 Å². The molecule has 6 rings (SSSR count). The second-order valence-electron chi connectivity index (χ2n) is 10.7. The van der Waals surface area contributed by atoms with E-state index in [9.17, 15) is 9.59 Å². The van der Waals surface area contributed by atoms with Crippen LogP contribution in [0.4, 0.5) is 0 Å². The number of hydrazone groups is 1. The lowest BCUT2D eigenvalue weighted by atomic mass is 10.0. The number of thiophene rings is 1. The van der Waals surface area contributed by atoms with Crippen molar-refractivity contribution in [2.24, 2.45) is 5.10 Å². The van der Waals surface area contributed by atoms with Gasteiger partial charge in [0.1, 0.15) is 11.5 Å². The Morgan fingerprint density at radius 2 is 1.64 bits per heavy atom. The van der Waals surface area contributed by atoms with Crippen LogP contribution in [0.15, 0.2) is 107 Å². The largest absolute Gasteiger partial charge is 0.497 e. The number of carbonyl (C=O) groups is 2. The van der Waals surface area contributed by atoms with E-state index in [-0.39, 0.29) is 30.2 Å². The molecular weight excluding hydrogens is 633 g/mol. The fourth-order valence-electron chi connectivity index (χ4n) is 5.28. The first-order valence-electron chi connectivity index (χ1n) is 15.1. The smallest absolute Gasteiger partial charge is 0.253 e. The number of thioether (sulfide) groups is 1. The predicted octanol–water partition coefficient (Wildman–Crippen LogP) is 6.00. The van der Waals surface area contributed by atoms with Crippen LogP contribution in [0.25, 0.3) is 0 Å². The van der Waals surface area contributed by atoms with Gasteiger partial charge in [-0.3, -0.25) is 9.59 Å². The van der Waals surface area contributed by atoms with Crippen molar-refractivity contribution in [1.29, 1.82) is 0 Å². The molecule has 0 unspecified atom stereocenters. The third-order valence-electron chi connectivity index (χ3n) is 7.82. The van der Waals surface area contributed by atoms with Crippen LogP contribution in [-0.2, 0) is 24.3 Å². The Kier molecular flexibility index (Phi) is 10.3. The van der Waals surface area contributed by atoms with Gasteiger partial charge in [-0.2, -0.15) is 5.10 Å². The Morgan fingerprint density at radius 3 is 2.32 bits per heavy atom. The lowest BCUT2D eigenvalue weighted by Gasteiger charge is -2.22. The minimum atomic E-state index is -0.231. The highest BCUT2D eigenvalue weighted by Crippen LogP contribution is 2.35. The number of aromatic nitrogens is 3. The van der Waals surface area contributed by atoms with E-state index in [1.54, 1.807) is 54.8 Å². The lowest BCUT2D eigenvalue weighted by molar-refractivity contribution is -0.130. The number of carbonyl (C=O) groups excluding carboxylic acids is 2. The van der Waals surface area contributed by atoms with Crippen LogP contribution >= 0.6 is 23.1 Å². The van der Waals surface area contributed by atoms with E-state index in [1.165, 1.54) is 11.8 Å². The number of nitrogens with one attached hydrogen (secondary N) is 1. The van der Waals surface area contributed by atoms with Gasteiger partial charge in [0.05, 0.1) is 43.1 Å². The molecule has 1 atom stereocenters. The predicted molar refractivity (Wildman–Crippen MR) is 183 cm³/mol. The first-order chi connectivity index (χ1) is 23.0. The molecule has 10 nitrogen and oxygen atoms in total. The molecular formula is C35H34N6O4S2. The van der Waals surface area contributed by atoms with Gasteiger partial charge in [0, 0.05) is 18.5 Å². The Labute approximate surface area is 281 Å². The van der Waals surface area contributed by atoms with Crippen molar-refractivity contribution in [1.82, 2.24) is 25.1 Å². The molecule has 3 aromatic carbocycles. The Hall–Kier alpha value is -4.94. The molecule has 47 heavy (non-hydrogen) atoms. The van der Waals surface area contributed by atoms with Crippen LogP contribution < -0.4 is 14.8 Å². The van der Waals surface area contributed by atoms with Gasteiger partial charge in [-0.25, -0.2) is 5.01 Å². The molecule has 2 aromatic heterocycles. The van der Waals surface area contributed by atoms with Gasteiger partial charge in [0.15, 0.2) is 11.0 Å². The molecule has 1 aliphatic heterocycles. The van der Waals surface area contributed by atoms with Crippen LogP contribution in [-0.4, -0.2) is 57.3 Å². The molecule has 0 saturated carbocycles. The van der Waals surface area contributed by atoms with E-state index in [4.69, 9.17) is 14.6 Å². The standard InChI is InChI=1S/C35H34N6O4S2/c1-44-27-14-10-25(11-15-27)30-21-29(31-9-6-20-46-31)39-41(30)33(42)23-47-35-38-37-32(40(35)19-18-24-7-4-3-5-8-24)22-36-34(43)26-12-16-28(45-2)17-13-26/h3-17,20,30H,18-19,21-23H2,1-2H3,(H,36,43)/t30-/m0/s1. The number of rotatable bonds is 13. The van der Waals surface area contributed by atoms with Gasteiger partial charge >= 0.3 is 0 Å². The lowest BCUT2D eigenvalue weighted by Crippen LogP contribution is -2.28. The van der Waals surface area contributed by atoms with Crippen molar-refractivity contribution >= 4 is 40.6 Å². The number of benzene rings is 3. The highest BCUT2D eigenvalue weighted by molar-refractivity contribution is 7.99. The molecule has 240 valence electrons. The quantitative estimate of drug-likeness (QED) is 0.154. The molecule has 0 saturated heterocycles. The van der Waals surface area contributed by atoms with E-state index >= 15 is 0 Å². The summed E-state index contributed by atoms with van der Waals surface area (Å²) in [7, 11) is 3.22. The summed E-state index contributed by atoms with van der Waals surface area (Å²) in [5.74, 6) is 1.80. The van der Waals surface area contributed by atoms with Crippen molar-refractivity contribution in [2.75, 3.05) is 20.0 Å². The van der Waals surface area contributed by atoms with Crippen LogP contribution in [0.2, 0.25) is 0 Å². The summed E-state index contributed by atoms with van der Waals surface area (Å²) >= 11 is 2.93. The first-order valence-corrected chi connectivity index (χ1v) is 17.0. The normalized spacial score (nSPS) is 14.1. The summed E-state index contributed by atoms with van der Waals surface area (Å²) in [5.41, 5.74) is 3.55. The van der Waals surface area contributed by atoms with E-state index in [0.29, 0.717) is 35.3 Å². The van der Waals surface area contributed by atoms with E-state index in [0.717, 1.165) is 33.9 Å². The monoisotopic (exact) mass is 666 g/mol. The van der Waals surface area contributed by atoms with E-state index in [1.807, 2.05) is 64.5 Å². The zero-order valence-corrected chi connectivity index (χ0v) is 27.7. The van der Waals surface area contributed by atoms with Crippen LogP contribution in [0.5, 0.6) is 11.5 Å². The topological polar surface area (TPSA) is 111 Å². The number of hydrogen-bond donors (Lipinski definition) is 1. The van der Waals surface area contributed by atoms with Gasteiger partial charge in [-0.1, -0.05) is 60.3 Å². The number of hydrogen-bond acceptors (Lipinski definition) is 9. The summed E-state index contributed by atoms with van der Waals surface area (Å²) < 4.78 is 12.5. The summed E-state index contributed by atoms with van der Waals surface area (Å²) in [5, 5.41) is 20.8. The molecule has 1 aliphatic rings. The van der Waals surface area contributed by atoms with Crippen molar-refractivity contribution in [3.63, 3.8) is 0 Å². The average Bonchev–Trinajstić information content (AvgIpc) is 3.90. The Morgan fingerprint density at radius 1 is 0.915 bits per heavy atom. The number of ether oxygens (including phenoxy) is 2. The van der Waals surface area contributed by atoms with Gasteiger partial charge in [-0.05, 0) is 65.4 Å². The fourth-order valence-corrected chi connectivity index (χ4v) is 6.84. The molecule has 0 spiro atoms. The van der Waals surface area contributed by atoms with Gasteiger partial charge in [0.25, 0.3) is 11.8 Å². The van der Waals surface area contributed by atoms with Crippen LogP contribution in [0, 0.1) is 0 Å². The summed E-state index contributed by atoms with van der Waals surface area (Å²) in [6, 6.07) is 28.6. The zero-order valence-electron chi connectivity index (χ0n) is 26.0. The third-order valence-corrected chi connectivity index (χ3v) is 9.69. The number of amides is 2. The summed E-state index contributed by atoms with van der Waals surface area (Å²) in [4.78, 5) is 27.7. The molecule has 5 aromatic rings. The van der Waals surface area contributed by atoms with Crippen LogP contribution in [0.1, 0.15) is 44.6 Å². The van der Waals surface area contributed by atoms with Crippen molar-refractivity contribution in [3.8, 4) is 11.5 Å². The molecule has 0 bridgehead atoms. The van der Waals surface area contributed by atoms with E-state index < -0.39 is 0 Å². The Bertz CT molecular complexity index is 1820. The van der Waals surface area contributed by atoms with Gasteiger partial charge in [0.2, 0.25) is 0 Å². The zero-order chi connectivity index (χ0) is 32.6. The third kappa shape index (κ3) is 7.72. The van der Waals surface area contributed by atoms with E-state index in [2.05, 4.69) is 27.6 Å². The first kappa shape index (κ1) is 32.0. The number of aryl methyl sites for hydroxylation is 1. The minimum absolute atomic E-state index is 0.121. The van der Waals surface area contributed by atoms with Crippen LogP contribution in [0.3, 0.4) is 0 Å². The minimum Gasteiger partial charge on any atom is -0.497 e. The maximum Gasteiger partial charge on any atom is 0.253 e. The summed E-state index contributed by atoms with van der Waals surface area (Å²) in [6.07, 6.45) is 1.36. The Balaban J connectivity index is 1.19. The molecule has 0 radical (unpaired) electrons. The van der Waals surface area contributed by atoms with Gasteiger partial charge in [-0.15, -0.1) is 21.5 Å². The van der Waals surface area contributed by atoms with Crippen molar-refractivity contribution in [3.05, 3.63) is 124 Å². The SMILES string of the molecule is COc1ccc(C(=O)NCc2nnc(SCC(=O)N3N=C(c4cccs4)C[C@H]3c3ccc(OC)cc3)n2CCc2ccccc2)cc1. The maximum atomic E-state index is 13.8. The molecule has 12 heteroatoms. The second kappa shape index (κ2) is 15.1. The number of nitrogens with zero attached hydrogens (tertiary/aromatic N) is 5. The fraction of sp³-hybridized carbons (Fsp3) is 0.229. The molecule has 0 aliphatic carbocycles. The summed E-state index contributed by atoms with van der Waals surface area (Å²) in [6.45, 7) is 0.765. The number of methoxy groups -OCH3 is 2. The molecule has 2 amide bonds. The molecule has 0 fully saturated rings. The molecule has 3 heterocycles. The molecule has 1 N–H and O–H groups in total. The highest BCUT2D eigenvalue weighted by Gasteiger charge is 2.33. The maximum absolute atomic E-state index is 13.8. The average molecular weight is 667 g/mol. The second-order valence-corrected chi connectivity index (χ2v) is 12.6. The van der Waals surface area contributed by atoms with Crippen molar-refractivity contribution in [2.45, 2.75) is 37.1 Å². The highest BCUT2D eigenvalue weighted by atomic mass is 32.2. The van der Waals surface area contributed by atoms with Crippen molar-refractivity contribution < 1.29 is 19.1 Å².